The third-order valence-electron chi connectivity index (χ3n) is 5.84. The molecule has 0 unspecified atom stereocenters. The van der Waals surface area contributed by atoms with E-state index in [9.17, 15) is 9.59 Å². The standard InChI is InChI=1S/C26H30O4/c1-19(2)22-15-9-10-16-23(22)24(25(27)29-17-20-11-5-3-6-12-20)26(28)30-18-21-13-7-4-8-14-21/h3-8,11-14,22-24H,1,9-10,15-18H2,2H3/t22-,23+/m1/s1. The van der Waals surface area contributed by atoms with Gasteiger partial charge in [0.15, 0.2) is 5.92 Å². The topological polar surface area (TPSA) is 52.6 Å². The monoisotopic (exact) mass is 406 g/mol. The Kier molecular flexibility index (Phi) is 7.83. The van der Waals surface area contributed by atoms with Gasteiger partial charge in [-0.3, -0.25) is 9.59 Å². The van der Waals surface area contributed by atoms with E-state index in [1.807, 2.05) is 67.6 Å². The molecule has 2 aromatic rings. The maximum atomic E-state index is 13.1. The summed E-state index contributed by atoms with van der Waals surface area (Å²) < 4.78 is 11.2. The van der Waals surface area contributed by atoms with E-state index in [1.165, 1.54) is 0 Å². The zero-order chi connectivity index (χ0) is 21.3. The summed E-state index contributed by atoms with van der Waals surface area (Å²) in [6.45, 7) is 6.38. The van der Waals surface area contributed by atoms with Crippen LogP contribution in [0.25, 0.3) is 0 Å². The average Bonchev–Trinajstić information content (AvgIpc) is 2.78. The number of allylic oxidation sites excluding steroid dienone is 1. The summed E-state index contributed by atoms with van der Waals surface area (Å²) in [5.74, 6) is -1.95. The fourth-order valence-electron chi connectivity index (χ4n) is 4.25. The quantitative estimate of drug-likeness (QED) is 0.331. The van der Waals surface area contributed by atoms with Crippen molar-refractivity contribution in [1.29, 1.82) is 0 Å². The van der Waals surface area contributed by atoms with Gasteiger partial charge >= 0.3 is 11.9 Å². The third-order valence-corrected chi connectivity index (χ3v) is 5.84. The molecule has 0 spiro atoms. The Balaban J connectivity index is 1.75. The van der Waals surface area contributed by atoms with Gasteiger partial charge in [-0.25, -0.2) is 0 Å². The van der Waals surface area contributed by atoms with Crippen LogP contribution in [0.5, 0.6) is 0 Å². The van der Waals surface area contributed by atoms with Gasteiger partial charge in [-0.1, -0.05) is 85.7 Å². The van der Waals surface area contributed by atoms with Crippen molar-refractivity contribution in [2.45, 2.75) is 45.8 Å². The van der Waals surface area contributed by atoms with Crippen LogP contribution >= 0.6 is 0 Å². The number of carbonyl (C=O) groups excluding carboxylic acids is 2. The SMILES string of the molecule is C=C(C)[C@H]1CCCC[C@@H]1C(C(=O)OCc1ccccc1)C(=O)OCc1ccccc1. The molecule has 30 heavy (non-hydrogen) atoms. The lowest BCUT2D eigenvalue weighted by Crippen LogP contribution is -2.39. The highest BCUT2D eigenvalue weighted by atomic mass is 16.6. The average molecular weight is 407 g/mol. The number of carbonyl (C=O) groups is 2. The molecule has 1 aliphatic rings. The molecule has 3 rings (SSSR count). The summed E-state index contributed by atoms with van der Waals surface area (Å²) in [5.41, 5.74) is 2.79. The molecule has 0 bridgehead atoms. The normalized spacial score (nSPS) is 18.6. The van der Waals surface area contributed by atoms with Crippen molar-refractivity contribution in [3.63, 3.8) is 0 Å². The van der Waals surface area contributed by atoms with E-state index in [4.69, 9.17) is 9.47 Å². The molecular weight excluding hydrogens is 376 g/mol. The van der Waals surface area contributed by atoms with Crippen molar-refractivity contribution in [1.82, 2.24) is 0 Å². The number of hydrogen-bond acceptors (Lipinski definition) is 4. The van der Waals surface area contributed by atoms with Crippen molar-refractivity contribution < 1.29 is 19.1 Å². The van der Waals surface area contributed by atoms with E-state index in [0.717, 1.165) is 42.4 Å². The van der Waals surface area contributed by atoms with Crippen LogP contribution < -0.4 is 0 Å². The summed E-state index contributed by atoms with van der Waals surface area (Å²) in [5, 5.41) is 0. The van der Waals surface area contributed by atoms with Gasteiger partial charge in [0.1, 0.15) is 13.2 Å². The number of benzene rings is 2. The molecular formula is C26H30O4. The highest BCUT2D eigenvalue weighted by Gasteiger charge is 2.42. The van der Waals surface area contributed by atoms with Gasteiger partial charge in [-0.2, -0.15) is 0 Å². The van der Waals surface area contributed by atoms with Crippen LogP contribution in [0.4, 0.5) is 0 Å². The van der Waals surface area contributed by atoms with Crippen LogP contribution in [-0.2, 0) is 32.3 Å². The molecule has 2 aromatic carbocycles. The largest absolute Gasteiger partial charge is 0.460 e. The molecule has 4 heteroatoms. The fraction of sp³-hybridized carbons (Fsp3) is 0.385. The van der Waals surface area contributed by atoms with Crippen molar-refractivity contribution >= 4 is 11.9 Å². The lowest BCUT2D eigenvalue weighted by Gasteiger charge is -2.35. The van der Waals surface area contributed by atoms with Gasteiger partial charge in [0.05, 0.1) is 0 Å². The van der Waals surface area contributed by atoms with Crippen LogP contribution in [0.3, 0.4) is 0 Å². The van der Waals surface area contributed by atoms with Crippen molar-refractivity contribution in [2.75, 3.05) is 0 Å². The smallest absolute Gasteiger partial charge is 0.320 e. The van der Waals surface area contributed by atoms with E-state index in [2.05, 4.69) is 6.58 Å². The Labute approximate surface area is 178 Å². The number of rotatable bonds is 8. The molecule has 0 N–H and O–H groups in total. The second-order valence-corrected chi connectivity index (χ2v) is 8.07. The van der Waals surface area contributed by atoms with Gasteiger partial charge in [-0.15, -0.1) is 0 Å². The van der Waals surface area contributed by atoms with Crippen LogP contribution in [-0.4, -0.2) is 11.9 Å². The maximum Gasteiger partial charge on any atom is 0.320 e. The van der Waals surface area contributed by atoms with E-state index in [0.29, 0.717) is 0 Å². The van der Waals surface area contributed by atoms with Crippen LogP contribution in [0.2, 0.25) is 0 Å². The van der Waals surface area contributed by atoms with Crippen molar-refractivity contribution in [3.05, 3.63) is 83.9 Å². The fourth-order valence-corrected chi connectivity index (χ4v) is 4.25. The Hall–Kier alpha value is -2.88. The van der Waals surface area contributed by atoms with E-state index in [1.54, 1.807) is 0 Å². The number of ether oxygens (including phenoxy) is 2. The lowest BCUT2D eigenvalue weighted by atomic mass is 9.70. The van der Waals surface area contributed by atoms with E-state index < -0.39 is 17.9 Å². The van der Waals surface area contributed by atoms with E-state index in [-0.39, 0.29) is 25.0 Å². The van der Waals surface area contributed by atoms with Crippen LogP contribution in [0.1, 0.15) is 43.7 Å². The molecule has 0 aromatic heterocycles. The highest BCUT2D eigenvalue weighted by molar-refractivity contribution is 5.95. The predicted octanol–water partition coefficient (Wildman–Crippen LogP) is 5.47. The molecule has 0 heterocycles. The molecule has 0 aliphatic heterocycles. The molecule has 1 fully saturated rings. The molecule has 158 valence electrons. The molecule has 1 saturated carbocycles. The molecule has 0 saturated heterocycles. The molecule has 1 aliphatic carbocycles. The summed E-state index contributed by atoms with van der Waals surface area (Å²) in [6, 6.07) is 19.0. The first kappa shape index (κ1) is 21.8. The summed E-state index contributed by atoms with van der Waals surface area (Å²) >= 11 is 0. The Bertz CT molecular complexity index is 788. The van der Waals surface area contributed by atoms with Crippen molar-refractivity contribution in [2.24, 2.45) is 17.8 Å². The third kappa shape index (κ3) is 5.82. The Morgan fingerprint density at radius 2 is 1.33 bits per heavy atom. The van der Waals surface area contributed by atoms with Crippen LogP contribution in [0.15, 0.2) is 72.8 Å². The zero-order valence-corrected chi connectivity index (χ0v) is 17.6. The number of hydrogen-bond donors (Lipinski definition) is 0. The predicted molar refractivity (Wildman–Crippen MR) is 116 cm³/mol. The van der Waals surface area contributed by atoms with Crippen molar-refractivity contribution in [3.8, 4) is 0 Å². The first-order valence-electron chi connectivity index (χ1n) is 10.6. The molecule has 0 radical (unpaired) electrons. The highest BCUT2D eigenvalue weighted by Crippen LogP contribution is 2.40. The summed E-state index contributed by atoms with van der Waals surface area (Å²) in [7, 11) is 0. The van der Waals surface area contributed by atoms with E-state index >= 15 is 0 Å². The molecule has 0 amide bonds. The second kappa shape index (κ2) is 10.8. The lowest BCUT2D eigenvalue weighted by molar-refractivity contribution is -0.168. The minimum atomic E-state index is -0.931. The first-order chi connectivity index (χ1) is 14.6. The number of esters is 2. The summed E-state index contributed by atoms with van der Waals surface area (Å²) in [4.78, 5) is 26.2. The maximum absolute atomic E-state index is 13.1. The van der Waals surface area contributed by atoms with Gasteiger partial charge in [0.25, 0.3) is 0 Å². The molecule has 4 nitrogen and oxygen atoms in total. The second-order valence-electron chi connectivity index (χ2n) is 8.07. The zero-order valence-electron chi connectivity index (χ0n) is 17.6. The minimum absolute atomic E-state index is 0.123. The van der Waals surface area contributed by atoms with Crippen LogP contribution in [0, 0.1) is 17.8 Å². The van der Waals surface area contributed by atoms with Gasteiger partial charge in [0.2, 0.25) is 0 Å². The van der Waals surface area contributed by atoms with Gasteiger partial charge in [0, 0.05) is 0 Å². The molecule has 2 atom stereocenters. The first-order valence-corrected chi connectivity index (χ1v) is 10.6. The Morgan fingerprint density at radius 1 is 0.867 bits per heavy atom. The van der Waals surface area contributed by atoms with Gasteiger partial charge < -0.3 is 9.47 Å². The van der Waals surface area contributed by atoms with Gasteiger partial charge in [-0.05, 0) is 42.7 Å². The summed E-state index contributed by atoms with van der Waals surface area (Å²) in [6.07, 6.45) is 3.80. The minimum Gasteiger partial charge on any atom is -0.460 e. The Morgan fingerprint density at radius 3 is 1.80 bits per heavy atom.